The van der Waals surface area contributed by atoms with Gasteiger partial charge in [-0.1, -0.05) is 12.1 Å². The summed E-state index contributed by atoms with van der Waals surface area (Å²) in [7, 11) is 1.53. The molecular weight excluding hydrogens is 278 g/mol. The zero-order chi connectivity index (χ0) is 15.1. The number of nitrogens with zero attached hydrogens (tertiary/aromatic N) is 2. The average Bonchev–Trinajstić information content (AvgIpc) is 2.39. The first-order chi connectivity index (χ1) is 9.43. The van der Waals surface area contributed by atoms with Gasteiger partial charge in [-0.25, -0.2) is 5.01 Å². The Morgan fingerprint density at radius 1 is 1.45 bits per heavy atom. The molecule has 1 aromatic carbocycles. The van der Waals surface area contributed by atoms with E-state index in [4.69, 9.17) is 5.21 Å². The molecule has 1 rings (SSSR count). The second-order valence-electron chi connectivity index (χ2n) is 4.36. The topological polar surface area (TPSA) is 88.0 Å². The molecule has 1 aromatic rings. The van der Waals surface area contributed by atoms with E-state index < -0.39 is 11.2 Å². The van der Waals surface area contributed by atoms with Crippen molar-refractivity contribution in [1.82, 2.24) is 10.5 Å². The van der Waals surface area contributed by atoms with E-state index in [9.17, 15) is 9.35 Å². The summed E-state index contributed by atoms with van der Waals surface area (Å²) in [6.45, 7) is 1.65. The summed E-state index contributed by atoms with van der Waals surface area (Å²) in [5.41, 5.74) is 3.60. The molecule has 1 atom stereocenters. The van der Waals surface area contributed by atoms with Crippen LogP contribution in [0.4, 0.5) is 0 Å². The van der Waals surface area contributed by atoms with E-state index in [2.05, 4.69) is 5.10 Å². The van der Waals surface area contributed by atoms with Crippen LogP contribution in [-0.4, -0.2) is 46.2 Å². The Hall–Kier alpha value is -1.41. The lowest BCUT2D eigenvalue weighted by molar-refractivity contribution is -0.130. The zero-order valence-corrected chi connectivity index (χ0v) is 12.6. The molecule has 0 spiro atoms. The van der Waals surface area contributed by atoms with Crippen LogP contribution in [-0.2, 0) is 22.4 Å². The van der Waals surface area contributed by atoms with Gasteiger partial charge >= 0.3 is 0 Å². The summed E-state index contributed by atoms with van der Waals surface area (Å²) in [6, 6.07) is 7.44. The fourth-order valence-corrected chi connectivity index (χ4v) is 2.14. The lowest BCUT2D eigenvalue weighted by atomic mass is 10.1. The number of hydrazone groups is 1. The van der Waals surface area contributed by atoms with E-state index in [1.165, 1.54) is 12.1 Å². The van der Waals surface area contributed by atoms with Gasteiger partial charge in [0, 0.05) is 19.2 Å². The van der Waals surface area contributed by atoms with E-state index in [-0.39, 0.29) is 12.5 Å². The molecule has 0 aliphatic carbocycles. The second-order valence-corrected chi connectivity index (χ2v) is 5.74. The van der Waals surface area contributed by atoms with Crippen LogP contribution >= 0.6 is 0 Å². The van der Waals surface area contributed by atoms with Crippen molar-refractivity contribution in [1.29, 1.82) is 0 Å². The molecule has 0 aliphatic heterocycles. The molecule has 0 bridgehead atoms. The molecule has 7 heteroatoms. The Morgan fingerprint density at radius 3 is 2.55 bits per heavy atom. The summed E-state index contributed by atoms with van der Waals surface area (Å²) >= 11 is -0.981. The summed E-state index contributed by atoms with van der Waals surface area (Å²) in [4.78, 5) is 12.2. The van der Waals surface area contributed by atoms with Gasteiger partial charge < -0.3 is 9.76 Å². The van der Waals surface area contributed by atoms with E-state index in [1.807, 2.05) is 31.2 Å². The number of hydroxylamine groups is 1. The van der Waals surface area contributed by atoms with Gasteiger partial charge in [-0.2, -0.15) is 10.6 Å². The third-order valence-corrected chi connectivity index (χ3v) is 3.56. The molecule has 110 valence electrons. The molecule has 1 amide bonds. The highest BCUT2D eigenvalue weighted by Crippen LogP contribution is 2.11. The molecule has 6 nitrogen and oxygen atoms in total. The second kappa shape index (κ2) is 8.01. The summed E-state index contributed by atoms with van der Waals surface area (Å²) < 4.78 is 11.3. The van der Waals surface area contributed by atoms with Gasteiger partial charge in [0.1, 0.15) is 12.8 Å². The minimum atomic E-state index is -0.981. The maximum atomic E-state index is 11.4. The normalized spacial score (nSPS) is 13.2. The highest BCUT2D eigenvalue weighted by Gasteiger charge is 2.08. The van der Waals surface area contributed by atoms with Crippen molar-refractivity contribution in [2.24, 2.45) is 5.10 Å². The molecule has 0 fully saturated rings. The first-order valence-electron chi connectivity index (χ1n) is 6.04. The predicted molar refractivity (Wildman–Crippen MR) is 78.1 cm³/mol. The molecule has 0 heterocycles. The van der Waals surface area contributed by atoms with Crippen LogP contribution in [0.15, 0.2) is 34.3 Å². The lowest BCUT2D eigenvalue weighted by Gasteiger charge is -2.12. The number of hydrogen-bond acceptors (Lipinski definition) is 5. The van der Waals surface area contributed by atoms with Gasteiger partial charge in [-0.15, -0.1) is 0 Å². The van der Waals surface area contributed by atoms with Gasteiger partial charge in [-0.05, 0) is 35.8 Å². The van der Waals surface area contributed by atoms with Gasteiger partial charge in [0.25, 0.3) is 5.91 Å². The van der Waals surface area contributed by atoms with Crippen molar-refractivity contribution >= 4 is 22.8 Å². The molecule has 20 heavy (non-hydrogen) atoms. The third-order valence-electron chi connectivity index (χ3n) is 2.63. The van der Waals surface area contributed by atoms with Crippen molar-refractivity contribution in [3.63, 3.8) is 0 Å². The van der Waals surface area contributed by atoms with Gasteiger partial charge in [0.15, 0.2) is 4.90 Å². The van der Waals surface area contributed by atoms with Crippen molar-refractivity contribution in [3.05, 3.63) is 29.8 Å². The van der Waals surface area contributed by atoms with Crippen LogP contribution in [0.5, 0.6) is 0 Å². The number of hydrogen-bond donors (Lipinski definition) is 2. The molecule has 0 aliphatic rings. The van der Waals surface area contributed by atoms with Crippen LogP contribution in [0.3, 0.4) is 0 Å². The largest absolute Gasteiger partial charge is 0.612 e. The quantitative estimate of drug-likeness (QED) is 0.461. The fraction of sp³-hybridized carbons (Fsp3) is 0.385. The number of carbonyl (C=O) groups is 1. The standard InChI is InChI=1S/C13H19N3O3S/c1-10(15-16(2)13(17)9-14-18)8-11-4-6-12(7-5-11)20(3)19/h4-7,14,18H,8-9H2,1-3H3/b15-10-. The van der Waals surface area contributed by atoms with Gasteiger partial charge in [0.05, 0.1) is 0 Å². The SMILES string of the molecule is C/C(Cc1ccc([S+](C)[O-])cc1)=N/N(C)C(=O)CNO. The van der Waals surface area contributed by atoms with Crippen molar-refractivity contribution in [2.75, 3.05) is 19.8 Å². The number of nitrogens with one attached hydrogen (secondary N) is 1. The Labute approximate surface area is 121 Å². The van der Waals surface area contributed by atoms with Crippen LogP contribution in [0.2, 0.25) is 0 Å². The van der Waals surface area contributed by atoms with Crippen molar-refractivity contribution in [3.8, 4) is 0 Å². The van der Waals surface area contributed by atoms with E-state index in [0.29, 0.717) is 6.42 Å². The smallest absolute Gasteiger partial charge is 0.258 e. The van der Waals surface area contributed by atoms with Crippen molar-refractivity contribution in [2.45, 2.75) is 18.2 Å². The Bertz CT molecular complexity index is 474. The maximum Gasteiger partial charge on any atom is 0.258 e. The Morgan fingerprint density at radius 2 is 2.05 bits per heavy atom. The number of rotatable bonds is 6. The molecule has 2 N–H and O–H groups in total. The lowest BCUT2D eigenvalue weighted by Crippen LogP contribution is -2.31. The summed E-state index contributed by atoms with van der Waals surface area (Å²) in [5, 5.41) is 13.8. The van der Waals surface area contributed by atoms with Crippen molar-refractivity contribution < 1.29 is 14.6 Å². The van der Waals surface area contributed by atoms with E-state index >= 15 is 0 Å². The number of likely N-dealkylation sites (N-methyl/N-ethyl adjacent to an activating group) is 1. The molecule has 0 saturated carbocycles. The Kier molecular flexibility index (Phi) is 6.66. The minimum absolute atomic E-state index is 0.176. The van der Waals surface area contributed by atoms with E-state index in [1.54, 1.807) is 11.7 Å². The number of carbonyl (C=O) groups excluding carboxylic acids is 1. The highest BCUT2D eigenvalue weighted by molar-refractivity contribution is 7.90. The maximum absolute atomic E-state index is 11.4. The number of amides is 1. The third kappa shape index (κ3) is 5.30. The van der Waals surface area contributed by atoms with Crippen LogP contribution < -0.4 is 5.48 Å². The molecule has 0 radical (unpaired) electrons. The minimum Gasteiger partial charge on any atom is -0.612 e. The average molecular weight is 297 g/mol. The predicted octanol–water partition coefficient (Wildman–Crippen LogP) is 0.780. The monoisotopic (exact) mass is 297 g/mol. The first kappa shape index (κ1) is 16.6. The molecule has 1 unspecified atom stereocenters. The Balaban J connectivity index is 2.65. The number of benzene rings is 1. The molecule has 0 saturated heterocycles. The molecular formula is C13H19N3O3S. The summed E-state index contributed by atoms with van der Waals surface area (Å²) in [5.74, 6) is -0.330. The van der Waals surface area contributed by atoms with Crippen LogP contribution in [0, 0.1) is 0 Å². The highest BCUT2D eigenvalue weighted by atomic mass is 32.2. The van der Waals surface area contributed by atoms with Gasteiger partial charge in [0.2, 0.25) is 0 Å². The van der Waals surface area contributed by atoms with Crippen LogP contribution in [0.25, 0.3) is 0 Å². The van der Waals surface area contributed by atoms with Gasteiger partial charge in [-0.3, -0.25) is 4.79 Å². The molecule has 0 aromatic heterocycles. The fourth-order valence-electron chi connectivity index (χ4n) is 1.62. The summed E-state index contributed by atoms with van der Waals surface area (Å²) in [6.07, 6.45) is 2.23. The zero-order valence-electron chi connectivity index (χ0n) is 11.8. The van der Waals surface area contributed by atoms with E-state index in [0.717, 1.165) is 16.2 Å². The first-order valence-corrected chi connectivity index (χ1v) is 7.59. The van der Waals surface area contributed by atoms with Crippen LogP contribution in [0.1, 0.15) is 12.5 Å².